The number of nitrogens with zero attached hydrogens (tertiary/aromatic N) is 2. The maximum atomic E-state index is 13.8. The van der Waals surface area contributed by atoms with Gasteiger partial charge in [-0.25, -0.2) is 4.39 Å². The summed E-state index contributed by atoms with van der Waals surface area (Å²) in [6.45, 7) is 0. The van der Waals surface area contributed by atoms with Crippen LogP contribution in [0, 0.1) is 5.82 Å². The highest BCUT2D eigenvalue weighted by molar-refractivity contribution is 5.56. The van der Waals surface area contributed by atoms with Gasteiger partial charge in [0.1, 0.15) is 0 Å². The molecule has 0 saturated heterocycles. The predicted molar refractivity (Wildman–Crippen MR) is 95.4 cm³/mol. The topological polar surface area (TPSA) is 74.2 Å². The minimum absolute atomic E-state index is 0.107. The van der Waals surface area contributed by atoms with Crippen molar-refractivity contribution in [1.29, 1.82) is 0 Å². The van der Waals surface area contributed by atoms with Crippen molar-refractivity contribution in [2.45, 2.75) is 31.7 Å². The largest absolute Gasteiger partial charge is 0.494 e. The van der Waals surface area contributed by atoms with E-state index in [1.165, 1.54) is 24.3 Å². The molecule has 5 nitrogen and oxygen atoms in total. The van der Waals surface area contributed by atoms with E-state index in [0.29, 0.717) is 18.1 Å². The Balaban J connectivity index is 1.56. The van der Waals surface area contributed by atoms with Crippen molar-refractivity contribution in [2.75, 3.05) is 7.11 Å². The molecule has 1 aliphatic rings. The van der Waals surface area contributed by atoms with Crippen LogP contribution in [0.1, 0.15) is 41.4 Å². The van der Waals surface area contributed by atoms with Crippen LogP contribution in [0.15, 0.2) is 40.9 Å². The van der Waals surface area contributed by atoms with Crippen molar-refractivity contribution in [3.63, 3.8) is 0 Å². The van der Waals surface area contributed by atoms with Gasteiger partial charge in [-0.3, -0.25) is 0 Å². The number of fused-ring (bicyclic) bond motifs is 1. The van der Waals surface area contributed by atoms with Gasteiger partial charge in [0.15, 0.2) is 17.4 Å². The Bertz CT molecular complexity index is 939. The summed E-state index contributed by atoms with van der Waals surface area (Å²) in [5, 5.41) is 4.02. The smallest absolute Gasteiger partial charge is 0.257 e. The number of aromatic nitrogens is 2. The van der Waals surface area contributed by atoms with E-state index in [9.17, 15) is 4.39 Å². The van der Waals surface area contributed by atoms with Gasteiger partial charge >= 0.3 is 0 Å². The fourth-order valence-corrected chi connectivity index (χ4v) is 3.43. The van der Waals surface area contributed by atoms with Crippen LogP contribution in [0.25, 0.3) is 11.5 Å². The maximum Gasteiger partial charge on any atom is 0.257 e. The summed E-state index contributed by atoms with van der Waals surface area (Å²) >= 11 is 0. The normalized spacial score (nSPS) is 16.3. The zero-order valence-electron chi connectivity index (χ0n) is 14.5. The van der Waals surface area contributed by atoms with Gasteiger partial charge in [-0.15, -0.1) is 0 Å². The number of halogens is 1. The molecule has 6 heteroatoms. The fraction of sp³-hybridized carbons (Fsp3) is 0.300. The summed E-state index contributed by atoms with van der Waals surface area (Å²) in [6, 6.07) is 11.0. The number of benzene rings is 2. The van der Waals surface area contributed by atoms with Crippen molar-refractivity contribution in [3.05, 3.63) is 64.7 Å². The number of ether oxygens (including phenoxy) is 1. The van der Waals surface area contributed by atoms with Crippen LogP contribution >= 0.6 is 0 Å². The average molecular weight is 353 g/mol. The van der Waals surface area contributed by atoms with Crippen LogP contribution in [0.5, 0.6) is 5.75 Å². The number of methoxy groups -OCH3 is 1. The SMILES string of the molecule is COc1ccc(Cc2noc(-c3ccc4c(c3)CCCC4N)n2)cc1F. The average Bonchev–Trinajstić information content (AvgIpc) is 3.10. The van der Waals surface area contributed by atoms with E-state index in [4.69, 9.17) is 15.0 Å². The molecule has 1 unspecified atom stereocenters. The first-order valence-corrected chi connectivity index (χ1v) is 8.68. The van der Waals surface area contributed by atoms with Gasteiger partial charge in [-0.05, 0) is 60.2 Å². The van der Waals surface area contributed by atoms with E-state index < -0.39 is 5.82 Å². The van der Waals surface area contributed by atoms with E-state index >= 15 is 0 Å². The summed E-state index contributed by atoms with van der Waals surface area (Å²) in [5.41, 5.74) is 10.3. The Morgan fingerprint density at radius 2 is 2.15 bits per heavy atom. The van der Waals surface area contributed by atoms with Crippen LogP contribution in [0.4, 0.5) is 4.39 Å². The summed E-state index contributed by atoms with van der Waals surface area (Å²) in [4.78, 5) is 4.45. The zero-order valence-corrected chi connectivity index (χ0v) is 14.5. The highest BCUT2D eigenvalue weighted by atomic mass is 19.1. The van der Waals surface area contributed by atoms with Crippen molar-refractivity contribution in [1.82, 2.24) is 10.1 Å². The Morgan fingerprint density at radius 3 is 2.96 bits per heavy atom. The Kier molecular flexibility index (Phi) is 4.42. The van der Waals surface area contributed by atoms with Gasteiger partial charge in [-0.2, -0.15) is 4.98 Å². The second-order valence-corrected chi connectivity index (χ2v) is 6.57. The lowest BCUT2D eigenvalue weighted by molar-refractivity contribution is 0.386. The molecule has 4 rings (SSSR count). The van der Waals surface area contributed by atoms with E-state index in [2.05, 4.69) is 22.3 Å². The Hall–Kier alpha value is -2.73. The lowest BCUT2D eigenvalue weighted by Crippen LogP contribution is -2.17. The molecule has 0 radical (unpaired) electrons. The van der Waals surface area contributed by atoms with Gasteiger partial charge < -0.3 is 15.0 Å². The summed E-state index contributed by atoms with van der Waals surface area (Å²) in [5.74, 6) is 0.796. The molecule has 0 spiro atoms. The second-order valence-electron chi connectivity index (χ2n) is 6.57. The molecule has 0 saturated carbocycles. The molecule has 1 aromatic heterocycles. The maximum absolute atomic E-state index is 13.8. The highest BCUT2D eigenvalue weighted by Gasteiger charge is 2.19. The first kappa shape index (κ1) is 16.7. The molecule has 26 heavy (non-hydrogen) atoms. The number of hydrogen-bond donors (Lipinski definition) is 1. The summed E-state index contributed by atoms with van der Waals surface area (Å²) in [6.07, 6.45) is 3.52. The van der Waals surface area contributed by atoms with Crippen LogP contribution in [-0.2, 0) is 12.8 Å². The summed E-state index contributed by atoms with van der Waals surface area (Å²) < 4.78 is 24.2. The lowest BCUT2D eigenvalue weighted by Gasteiger charge is -2.22. The third kappa shape index (κ3) is 3.20. The zero-order chi connectivity index (χ0) is 18.1. The molecule has 1 aliphatic carbocycles. The number of aryl methyl sites for hydroxylation is 1. The van der Waals surface area contributed by atoms with E-state index in [1.807, 2.05) is 6.07 Å². The fourth-order valence-electron chi connectivity index (χ4n) is 3.43. The predicted octanol–water partition coefficient (Wildman–Crippen LogP) is 3.81. The summed E-state index contributed by atoms with van der Waals surface area (Å²) in [7, 11) is 1.44. The van der Waals surface area contributed by atoms with Gasteiger partial charge in [0.25, 0.3) is 5.89 Å². The molecule has 0 fully saturated rings. The van der Waals surface area contributed by atoms with Crippen molar-refractivity contribution in [2.24, 2.45) is 5.73 Å². The molecule has 0 bridgehead atoms. The molecule has 3 aromatic rings. The van der Waals surface area contributed by atoms with Crippen molar-refractivity contribution >= 4 is 0 Å². The van der Waals surface area contributed by atoms with Gasteiger partial charge in [0, 0.05) is 18.0 Å². The van der Waals surface area contributed by atoms with Crippen LogP contribution in [-0.4, -0.2) is 17.3 Å². The molecule has 134 valence electrons. The molecule has 0 amide bonds. The molecule has 1 atom stereocenters. The second kappa shape index (κ2) is 6.88. The van der Waals surface area contributed by atoms with Crippen molar-refractivity contribution < 1.29 is 13.7 Å². The van der Waals surface area contributed by atoms with Crippen LogP contribution in [0.3, 0.4) is 0 Å². The third-order valence-electron chi connectivity index (χ3n) is 4.80. The molecule has 2 aromatic carbocycles. The van der Waals surface area contributed by atoms with Crippen molar-refractivity contribution in [3.8, 4) is 17.2 Å². The third-order valence-corrected chi connectivity index (χ3v) is 4.80. The van der Waals surface area contributed by atoms with Gasteiger partial charge in [0.2, 0.25) is 0 Å². The molecular weight excluding hydrogens is 333 g/mol. The van der Waals surface area contributed by atoms with E-state index in [1.54, 1.807) is 12.1 Å². The number of rotatable bonds is 4. The minimum Gasteiger partial charge on any atom is -0.494 e. The number of nitrogens with two attached hydrogens (primary N) is 1. The molecular formula is C20H20FN3O2. The van der Waals surface area contributed by atoms with E-state index in [0.717, 1.165) is 30.4 Å². The van der Waals surface area contributed by atoms with Gasteiger partial charge in [0.05, 0.1) is 7.11 Å². The molecule has 1 heterocycles. The minimum atomic E-state index is -0.403. The molecule has 2 N–H and O–H groups in total. The first-order valence-electron chi connectivity index (χ1n) is 8.68. The number of hydrogen-bond acceptors (Lipinski definition) is 5. The molecule has 0 aliphatic heterocycles. The van der Waals surface area contributed by atoms with Gasteiger partial charge in [-0.1, -0.05) is 17.3 Å². The Morgan fingerprint density at radius 1 is 1.27 bits per heavy atom. The standard InChI is InChI=1S/C20H20FN3O2/c1-25-18-8-5-12(9-16(18)21)10-19-23-20(26-24-19)14-6-7-15-13(11-14)3-2-4-17(15)22/h5-9,11,17H,2-4,10,22H2,1H3. The van der Waals surface area contributed by atoms with Crippen LogP contribution in [0.2, 0.25) is 0 Å². The lowest BCUT2D eigenvalue weighted by atomic mass is 9.87. The first-order chi connectivity index (χ1) is 12.6. The highest BCUT2D eigenvalue weighted by Crippen LogP contribution is 2.31. The van der Waals surface area contributed by atoms with Crippen LogP contribution < -0.4 is 10.5 Å². The Labute approximate surface area is 151 Å². The quantitative estimate of drug-likeness (QED) is 0.772. The van der Waals surface area contributed by atoms with E-state index in [-0.39, 0.29) is 11.8 Å². The monoisotopic (exact) mass is 353 g/mol.